The first-order chi connectivity index (χ1) is 20.0. The molecule has 1 aromatic heterocycles. The van der Waals surface area contributed by atoms with Crippen molar-refractivity contribution in [1.82, 2.24) is 0 Å². The Hall–Kier alpha value is -5.30. The van der Waals surface area contributed by atoms with E-state index in [1.54, 1.807) is 81.0 Å². The van der Waals surface area contributed by atoms with Gasteiger partial charge in [-0.3, -0.25) is 4.79 Å². The number of carbonyl (C=O) groups excluding carboxylic acids is 2. The second-order valence-electron chi connectivity index (χ2n) is 8.98. The van der Waals surface area contributed by atoms with E-state index in [2.05, 4.69) is 0 Å². The van der Waals surface area contributed by atoms with Crippen LogP contribution < -0.4 is 18.9 Å². The van der Waals surface area contributed by atoms with E-state index < -0.39 is 5.97 Å². The van der Waals surface area contributed by atoms with Crippen molar-refractivity contribution >= 4 is 28.8 Å². The van der Waals surface area contributed by atoms with Crippen LogP contribution in [0.1, 0.15) is 33.2 Å². The molecule has 0 saturated carbocycles. The minimum absolute atomic E-state index is 0.219. The molecule has 4 aromatic carbocycles. The third-order valence-corrected chi connectivity index (χ3v) is 6.41. The smallest absolute Gasteiger partial charge is 0.348 e. The Morgan fingerprint density at radius 1 is 0.805 bits per heavy atom. The highest BCUT2D eigenvalue weighted by molar-refractivity contribution is 6.10. The Labute approximate surface area is 237 Å². The first-order valence-corrected chi connectivity index (χ1v) is 13.0. The van der Waals surface area contributed by atoms with Gasteiger partial charge >= 0.3 is 5.97 Å². The summed E-state index contributed by atoms with van der Waals surface area (Å²) in [6.45, 7) is 2.38. The first-order valence-electron chi connectivity index (χ1n) is 13.0. The minimum atomic E-state index is -0.583. The van der Waals surface area contributed by atoms with Gasteiger partial charge in [0.1, 0.15) is 39.9 Å². The standard InChI is InChI=1S/C34H28O7/c1-4-39-27-16-19-31-28(21-27)32(33(41-31)23-8-6-5-7-9-23)34(36)40-25-13-10-22(11-14-25)29(35)17-12-24-20-26(37-2)15-18-30(24)38-3/h5-21H,4H2,1-3H3/b17-12+. The quantitative estimate of drug-likeness (QED) is 0.0768. The molecule has 0 aliphatic heterocycles. The number of fused-ring (bicyclic) bond motifs is 1. The molecular weight excluding hydrogens is 520 g/mol. The zero-order chi connectivity index (χ0) is 28.8. The molecule has 0 spiro atoms. The van der Waals surface area contributed by atoms with E-state index >= 15 is 0 Å². The Morgan fingerprint density at radius 3 is 2.24 bits per heavy atom. The molecule has 0 aliphatic carbocycles. The van der Waals surface area contributed by atoms with Gasteiger partial charge in [0.25, 0.3) is 0 Å². The summed E-state index contributed by atoms with van der Waals surface area (Å²) in [6.07, 6.45) is 3.13. The van der Waals surface area contributed by atoms with Crippen molar-refractivity contribution in [3.8, 4) is 34.3 Å². The van der Waals surface area contributed by atoms with Crippen LogP contribution in [0.25, 0.3) is 28.4 Å². The maximum absolute atomic E-state index is 13.5. The molecule has 0 saturated heterocycles. The van der Waals surface area contributed by atoms with Crippen LogP contribution in [0.5, 0.6) is 23.0 Å². The lowest BCUT2D eigenvalue weighted by Gasteiger charge is -2.07. The lowest BCUT2D eigenvalue weighted by molar-refractivity contribution is 0.0737. The van der Waals surface area contributed by atoms with Crippen LogP contribution in [0.3, 0.4) is 0 Å². The number of carbonyl (C=O) groups is 2. The van der Waals surface area contributed by atoms with E-state index in [-0.39, 0.29) is 5.78 Å². The summed E-state index contributed by atoms with van der Waals surface area (Å²) < 4.78 is 28.1. The van der Waals surface area contributed by atoms with E-state index in [1.165, 1.54) is 6.08 Å². The highest BCUT2D eigenvalue weighted by Crippen LogP contribution is 2.36. The molecule has 1 heterocycles. The Balaban J connectivity index is 1.39. The number of rotatable bonds is 10. The van der Waals surface area contributed by atoms with Gasteiger partial charge in [-0.05, 0) is 79.7 Å². The Bertz CT molecular complexity index is 1710. The SMILES string of the molecule is CCOc1ccc2oc(-c3ccccc3)c(C(=O)Oc3ccc(C(=O)/C=C/c4cc(OC)ccc4OC)cc3)c2c1. The molecule has 5 aromatic rings. The number of esters is 1. The van der Waals surface area contributed by atoms with Crippen molar-refractivity contribution in [2.24, 2.45) is 0 Å². The number of allylic oxidation sites excluding steroid dienone is 1. The fraction of sp³-hybridized carbons (Fsp3) is 0.118. The van der Waals surface area contributed by atoms with Gasteiger partial charge in [-0.1, -0.05) is 30.3 Å². The summed E-state index contributed by atoms with van der Waals surface area (Å²) in [5.41, 5.74) is 2.72. The summed E-state index contributed by atoms with van der Waals surface area (Å²) >= 11 is 0. The normalized spacial score (nSPS) is 11.0. The van der Waals surface area contributed by atoms with Crippen LogP contribution in [-0.2, 0) is 0 Å². The van der Waals surface area contributed by atoms with Crippen molar-refractivity contribution in [3.63, 3.8) is 0 Å². The van der Waals surface area contributed by atoms with Crippen molar-refractivity contribution < 1.29 is 33.0 Å². The molecule has 41 heavy (non-hydrogen) atoms. The molecule has 7 nitrogen and oxygen atoms in total. The van der Waals surface area contributed by atoms with Gasteiger partial charge < -0.3 is 23.4 Å². The van der Waals surface area contributed by atoms with Gasteiger partial charge in [-0.2, -0.15) is 0 Å². The summed E-state index contributed by atoms with van der Waals surface area (Å²) in [7, 11) is 3.14. The summed E-state index contributed by atoms with van der Waals surface area (Å²) in [6, 6.07) is 26.4. The summed E-state index contributed by atoms with van der Waals surface area (Å²) in [5.74, 6) is 1.79. The second-order valence-corrected chi connectivity index (χ2v) is 8.98. The third-order valence-electron chi connectivity index (χ3n) is 6.41. The van der Waals surface area contributed by atoms with Crippen molar-refractivity contribution in [3.05, 3.63) is 114 Å². The monoisotopic (exact) mass is 548 g/mol. The van der Waals surface area contributed by atoms with Gasteiger partial charge in [0, 0.05) is 22.1 Å². The van der Waals surface area contributed by atoms with Gasteiger partial charge in [0.2, 0.25) is 0 Å². The van der Waals surface area contributed by atoms with Crippen LogP contribution in [0.4, 0.5) is 0 Å². The molecule has 0 bridgehead atoms. The third kappa shape index (κ3) is 5.99. The van der Waals surface area contributed by atoms with Gasteiger partial charge in [0.15, 0.2) is 5.78 Å². The molecule has 0 N–H and O–H groups in total. The molecule has 0 fully saturated rings. The largest absolute Gasteiger partial charge is 0.497 e. The fourth-order valence-corrected chi connectivity index (χ4v) is 4.41. The molecule has 0 aliphatic rings. The number of methoxy groups -OCH3 is 2. The topological polar surface area (TPSA) is 84.2 Å². The van der Waals surface area contributed by atoms with Crippen molar-refractivity contribution in [2.75, 3.05) is 20.8 Å². The predicted octanol–water partition coefficient (Wildman–Crippen LogP) is 7.63. The molecule has 5 rings (SSSR count). The summed E-state index contributed by atoms with van der Waals surface area (Å²) in [5, 5.41) is 0.588. The number of ether oxygens (including phenoxy) is 4. The molecule has 206 valence electrons. The van der Waals surface area contributed by atoms with Gasteiger partial charge in [0.05, 0.1) is 20.8 Å². The van der Waals surface area contributed by atoms with E-state index in [9.17, 15) is 9.59 Å². The molecule has 0 amide bonds. The molecule has 0 radical (unpaired) electrons. The van der Waals surface area contributed by atoms with Crippen LogP contribution in [0.15, 0.2) is 101 Å². The van der Waals surface area contributed by atoms with Crippen molar-refractivity contribution in [1.29, 1.82) is 0 Å². The fourth-order valence-electron chi connectivity index (χ4n) is 4.41. The number of hydrogen-bond donors (Lipinski definition) is 0. The first kappa shape index (κ1) is 27.3. The van der Waals surface area contributed by atoms with Crippen molar-refractivity contribution in [2.45, 2.75) is 6.92 Å². The van der Waals surface area contributed by atoms with Crippen LogP contribution >= 0.6 is 0 Å². The lowest BCUT2D eigenvalue weighted by Crippen LogP contribution is -2.09. The predicted molar refractivity (Wildman–Crippen MR) is 157 cm³/mol. The molecular formula is C34H28O7. The molecule has 0 atom stereocenters. The average molecular weight is 549 g/mol. The highest BCUT2D eigenvalue weighted by atomic mass is 16.5. The number of hydrogen-bond acceptors (Lipinski definition) is 7. The Kier molecular flexibility index (Phi) is 8.15. The average Bonchev–Trinajstić information content (AvgIpc) is 3.39. The lowest BCUT2D eigenvalue weighted by atomic mass is 10.1. The van der Waals surface area contributed by atoms with Crippen LogP contribution in [0.2, 0.25) is 0 Å². The Morgan fingerprint density at radius 2 is 1.54 bits per heavy atom. The van der Waals surface area contributed by atoms with E-state index in [0.29, 0.717) is 63.0 Å². The molecule has 0 unspecified atom stereocenters. The zero-order valence-corrected chi connectivity index (χ0v) is 22.9. The highest BCUT2D eigenvalue weighted by Gasteiger charge is 2.24. The van der Waals surface area contributed by atoms with E-state index in [0.717, 1.165) is 5.56 Å². The van der Waals surface area contributed by atoms with E-state index in [1.807, 2.05) is 37.3 Å². The minimum Gasteiger partial charge on any atom is -0.497 e. The molecule has 7 heteroatoms. The van der Waals surface area contributed by atoms with E-state index in [4.69, 9.17) is 23.4 Å². The zero-order valence-electron chi connectivity index (χ0n) is 22.9. The number of furan rings is 1. The summed E-state index contributed by atoms with van der Waals surface area (Å²) in [4.78, 5) is 26.4. The second kappa shape index (κ2) is 12.3. The number of benzene rings is 4. The maximum Gasteiger partial charge on any atom is 0.348 e. The van der Waals surface area contributed by atoms with Gasteiger partial charge in [-0.25, -0.2) is 4.79 Å². The van der Waals surface area contributed by atoms with Crippen LogP contribution in [-0.4, -0.2) is 32.6 Å². The maximum atomic E-state index is 13.5. The van der Waals surface area contributed by atoms with Crippen LogP contribution in [0, 0.1) is 0 Å². The number of ketones is 1. The van der Waals surface area contributed by atoms with Gasteiger partial charge in [-0.15, -0.1) is 0 Å².